The zero-order chi connectivity index (χ0) is 10.9. The van der Waals surface area contributed by atoms with Gasteiger partial charge in [-0.3, -0.25) is 0 Å². The largest absolute Gasteiger partial charge is 0.465 e. The highest BCUT2D eigenvalue weighted by atomic mass is 16.3. The lowest BCUT2D eigenvalue weighted by molar-refractivity contribution is 0.394. The first-order valence-corrected chi connectivity index (χ1v) is 4.92. The van der Waals surface area contributed by atoms with Gasteiger partial charge in [-0.1, -0.05) is 20.8 Å². The molecule has 3 heteroatoms. The van der Waals surface area contributed by atoms with Crippen LogP contribution in [0.3, 0.4) is 0 Å². The van der Waals surface area contributed by atoms with E-state index in [0.717, 1.165) is 17.1 Å². The summed E-state index contributed by atoms with van der Waals surface area (Å²) < 4.78 is 5.67. The van der Waals surface area contributed by atoms with Crippen molar-refractivity contribution in [2.24, 2.45) is 11.5 Å². The topological polar surface area (TPSA) is 65.2 Å². The van der Waals surface area contributed by atoms with Gasteiger partial charge in [-0.2, -0.15) is 0 Å². The predicted molar refractivity (Wildman–Crippen MR) is 58.1 cm³/mol. The summed E-state index contributed by atoms with van der Waals surface area (Å²) in [5.41, 5.74) is 12.4. The van der Waals surface area contributed by atoms with Gasteiger partial charge in [-0.25, -0.2) is 0 Å². The molecule has 0 amide bonds. The van der Waals surface area contributed by atoms with E-state index < -0.39 is 0 Å². The van der Waals surface area contributed by atoms with Crippen LogP contribution in [-0.2, 0) is 5.41 Å². The van der Waals surface area contributed by atoms with Crippen molar-refractivity contribution < 1.29 is 4.42 Å². The lowest BCUT2D eigenvalue weighted by atomic mass is 9.92. The van der Waals surface area contributed by atoms with Gasteiger partial charge in [-0.05, 0) is 13.0 Å². The van der Waals surface area contributed by atoms with Crippen molar-refractivity contribution >= 4 is 0 Å². The third-order valence-electron chi connectivity index (χ3n) is 2.35. The molecule has 80 valence electrons. The van der Waals surface area contributed by atoms with E-state index in [0.29, 0.717) is 6.54 Å². The maximum Gasteiger partial charge on any atom is 0.109 e. The molecule has 0 saturated carbocycles. The van der Waals surface area contributed by atoms with Crippen LogP contribution in [0.15, 0.2) is 10.5 Å². The molecule has 1 aromatic rings. The summed E-state index contributed by atoms with van der Waals surface area (Å²) in [7, 11) is 0. The number of aryl methyl sites for hydroxylation is 1. The molecule has 0 bridgehead atoms. The number of hydrogen-bond donors (Lipinski definition) is 2. The van der Waals surface area contributed by atoms with Gasteiger partial charge < -0.3 is 15.9 Å². The van der Waals surface area contributed by atoms with Gasteiger partial charge in [0.25, 0.3) is 0 Å². The Labute approximate surface area is 85.5 Å². The number of rotatable bonds is 2. The van der Waals surface area contributed by atoms with Crippen molar-refractivity contribution in [3.63, 3.8) is 0 Å². The molecule has 1 aromatic heterocycles. The van der Waals surface area contributed by atoms with Crippen LogP contribution < -0.4 is 11.5 Å². The Hall–Kier alpha value is -0.800. The Morgan fingerprint density at radius 2 is 2.00 bits per heavy atom. The molecule has 0 fully saturated rings. The second-order valence-corrected chi connectivity index (χ2v) is 4.71. The smallest absolute Gasteiger partial charge is 0.109 e. The van der Waals surface area contributed by atoms with Crippen molar-refractivity contribution in [1.29, 1.82) is 0 Å². The molecule has 0 aliphatic heterocycles. The summed E-state index contributed by atoms with van der Waals surface area (Å²) in [4.78, 5) is 0. The summed E-state index contributed by atoms with van der Waals surface area (Å²) in [5, 5.41) is 0. The Bertz CT molecular complexity index is 310. The van der Waals surface area contributed by atoms with Crippen LogP contribution in [0.1, 0.15) is 43.9 Å². The highest BCUT2D eigenvalue weighted by molar-refractivity contribution is 5.27. The molecule has 0 saturated heterocycles. The van der Waals surface area contributed by atoms with Crippen molar-refractivity contribution in [1.82, 2.24) is 0 Å². The van der Waals surface area contributed by atoms with Crippen LogP contribution in [0, 0.1) is 6.92 Å². The monoisotopic (exact) mass is 196 g/mol. The van der Waals surface area contributed by atoms with Gasteiger partial charge in [0.2, 0.25) is 0 Å². The Balaban J connectivity index is 3.05. The molecule has 0 aliphatic rings. The quantitative estimate of drug-likeness (QED) is 0.758. The Morgan fingerprint density at radius 3 is 2.36 bits per heavy atom. The van der Waals surface area contributed by atoms with Gasteiger partial charge in [0, 0.05) is 23.6 Å². The highest BCUT2D eigenvalue weighted by Gasteiger charge is 2.21. The number of hydrogen-bond acceptors (Lipinski definition) is 3. The summed E-state index contributed by atoms with van der Waals surface area (Å²) in [5.74, 6) is 1.85. The number of nitrogens with two attached hydrogens (primary N) is 2. The standard InChI is InChI=1S/C11H20N2O/c1-7-8(9(13)6-12)5-10(14-7)11(2,3)4/h5,9H,6,12-13H2,1-4H3. The van der Waals surface area contributed by atoms with Gasteiger partial charge in [-0.15, -0.1) is 0 Å². The molecular formula is C11H20N2O. The molecule has 1 rings (SSSR count). The van der Waals surface area contributed by atoms with Gasteiger partial charge in [0.1, 0.15) is 11.5 Å². The van der Waals surface area contributed by atoms with Crippen molar-refractivity contribution in [2.75, 3.05) is 6.54 Å². The molecule has 14 heavy (non-hydrogen) atoms. The fourth-order valence-electron chi connectivity index (χ4n) is 1.36. The van der Waals surface area contributed by atoms with Crippen LogP contribution in [0.4, 0.5) is 0 Å². The fourth-order valence-corrected chi connectivity index (χ4v) is 1.36. The Morgan fingerprint density at radius 1 is 1.43 bits per heavy atom. The van der Waals surface area contributed by atoms with E-state index in [-0.39, 0.29) is 11.5 Å². The van der Waals surface area contributed by atoms with E-state index in [2.05, 4.69) is 20.8 Å². The second kappa shape index (κ2) is 3.75. The van der Waals surface area contributed by atoms with Crippen molar-refractivity contribution in [3.8, 4) is 0 Å². The van der Waals surface area contributed by atoms with Gasteiger partial charge in [0.05, 0.1) is 0 Å². The second-order valence-electron chi connectivity index (χ2n) is 4.71. The summed E-state index contributed by atoms with van der Waals surface area (Å²) in [6, 6.07) is 1.90. The van der Waals surface area contributed by atoms with Crippen LogP contribution in [-0.4, -0.2) is 6.54 Å². The first-order valence-electron chi connectivity index (χ1n) is 4.92. The third kappa shape index (κ3) is 2.16. The molecule has 0 aliphatic carbocycles. The van der Waals surface area contributed by atoms with E-state index in [1.807, 2.05) is 13.0 Å². The lowest BCUT2D eigenvalue weighted by Gasteiger charge is -2.13. The minimum Gasteiger partial charge on any atom is -0.465 e. The maximum atomic E-state index is 5.87. The van der Waals surface area contributed by atoms with Crippen LogP contribution in [0.25, 0.3) is 0 Å². The van der Waals surface area contributed by atoms with Gasteiger partial charge >= 0.3 is 0 Å². The number of furan rings is 1. The van der Waals surface area contributed by atoms with Crippen molar-refractivity contribution in [3.05, 3.63) is 23.2 Å². The average molecular weight is 196 g/mol. The Kier molecular flexibility index (Phi) is 3.02. The average Bonchev–Trinajstić information content (AvgIpc) is 2.45. The molecule has 1 atom stereocenters. The molecule has 3 nitrogen and oxygen atoms in total. The summed E-state index contributed by atoms with van der Waals surface area (Å²) in [6.45, 7) is 8.72. The third-order valence-corrected chi connectivity index (χ3v) is 2.35. The van der Waals surface area contributed by atoms with Crippen LogP contribution >= 0.6 is 0 Å². The maximum absolute atomic E-state index is 5.87. The molecule has 0 radical (unpaired) electrons. The van der Waals surface area contributed by atoms with E-state index >= 15 is 0 Å². The highest BCUT2D eigenvalue weighted by Crippen LogP contribution is 2.28. The lowest BCUT2D eigenvalue weighted by Crippen LogP contribution is -2.20. The summed E-state index contributed by atoms with van der Waals surface area (Å²) in [6.07, 6.45) is 0. The predicted octanol–water partition coefficient (Wildman–Crippen LogP) is 1.84. The molecule has 0 spiro atoms. The molecular weight excluding hydrogens is 176 g/mol. The van der Waals surface area contributed by atoms with Crippen LogP contribution in [0.2, 0.25) is 0 Å². The molecule has 1 heterocycles. The SMILES string of the molecule is Cc1oc(C(C)(C)C)cc1C(N)CN. The first-order chi connectivity index (χ1) is 6.36. The van der Waals surface area contributed by atoms with E-state index in [9.17, 15) is 0 Å². The molecule has 0 aromatic carbocycles. The normalized spacial score (nSPS) is 14.4. The summed E-state index contributed by atoms with van der Waals surface area (Å²) >= 11 is 0. The minimum atomic E-state index is -0.116. The first kappa shape index (κ1) is 11.3. The molecule has 4 N–H and O–H groups in total. The van der Waals surface area contributed by atoms with E-state index in [1.54, 1.807) is 0 Å². The minimum absolute atomic E-state index is 0.0251. The zero-order valence-corrected chi connectivity index (χ0v) is 9.42. The fraction of sp³-hybridized carbons (Fsp3) is 0.636. The van der Waals surface area contributed by atoms with Gasteiger partial charge in [0.15, 0.2) is 0 Å². The zero-order valence-electron chi connectivity index (χ0n) is 9.42. The van der Waals surface area contributed by atoms with Crippen LogP contribution in [0.5, 0.6) is 0 Å². The van der Waals surface area contributed by atoms with E-state index in [4.69, 9.17) is 15.9 Å². The van der Waals surface area contributed by atoms with E-state index in [1.165, 1.54) is 0 Å². The van der Waals surface area contributed by atoms with Crippen molar-refractivity contribution in [2.45, 2.75) is 39.2 Å². The molecule has 1 unspecified atom stereocenters.